The molecule has 0 saturated carbocycles. The van der Waals surface area contributed by atoms with E-state index in [9.17, 15) is 14.4 Å². The first-order valence-electron chi connectivity index (χ1n) is 12.6. The van der Waals surface area contributed by atoms with Crippen LogP contribution in [0.25, 0.3) is 11.8 Å². The Morgan fingerprint density at radius 1 is 1.03 bits per heavy atom. The molecule has 0 bridgehead atoms. The molecule has 39 heavy (non-hydrogen) atoms. The molecule has 3 aromatic rings. The number of likely N-dealkylation sites (tertiary alicyclic amines) is 1. The second kappa shape index (κ2) is 11.5. The number of amides is 3. The maximum atomic E-state index is 13.0. The zero-order valence-electron chi connectivity index (χ0n) is 21.6. The number of aromatic nitrogens is 1. The third-order valence-corrected chi connectivity index (χ3v) is 8.38. The van der Waals surface area contributed by atoms with Crippen molar-refractivity contribution in [1.29, 1.82) is 0 Å². The summed E-state index contributed by atoms with van der Waals surface area (Å²) in [5.74, 6) is 0.0900. The van der Waals surface area contributed by atoms with Crippen molar-refractivity contribution in [1.82, 2.24) is 14.4 Å². The Bertz CT molecular complexity index is 1480. The Kier molecular flexibility index (Phi) is 8.07. The van der Waals surface area contributed by atoms with Gasteiger partial charge in [-0.2, -0.15) is 0 Å². The molecular weight excluding hydrogens is 557 g/mol. The van der Waals surface area contributed by atoms with Crippen LogP contribution in [0.2, 0.25) is 10.0 Å². The second-order valence-corrected chi connectivity index (χ2v) is 11.4. The molecule has 0 spiro atoms. The molecule has 0 radical (unpaired) electrons. The average molecular weight is 585 g/mol. The highest BCUT2D eigenvalue weighted by atomic mass is 35.5. The van der Waals surface area contributed by atoms with E-state index in [2.05, 4.69) is 4.57 Å². The second-order valence-electron chi connectivity index (χ2n) is 9.54. The summed E-state index contributed by atoms with van der Waals surface area (Å²) in [7, 11) is 0. The molecule has 202 valence electrons. The normalized spacial score (nSPS) is 16.6. The lowest BCUT2D eigenvalue weighted by atomic mass is 10.2. The Morgan fingerprint density at radius 2 is 1.74 bits per heavy atom. The first-order valence-corrected chi connectivity index (χ1v) is 14.2. The van der Waals surface area contributed by atoms with Gasteiger partial charge >= 0.3 is 0 Å². The van der Waals surface area contributed by atoms with Gasteiger partial charge in [-0.1, -0.05) is 29.3 Å². The summed E-state index contributed by atoms with van der Waals surface area (Å²) >= 11 is 13.1. The Morgan fingerprint density at radius 3 is 2.44 bits per heavy atom. The van der Waals surface area contributed by atoms with Crippen LogP contribution >= 0.6 is 35.0 Å². The van der Waals surface area contributed by atoms with E-state index in [0.29, 0.717) is 40.4 Å². The van der Waals surface area contributed by atoms with Crippen LogP contribution in [0, 0.1) is 13.8 Å². The van der Waals surface area contributed by atoms with E-state index in [-0.39, 0.29) is 12.5 Å². The Balaban J connectivity index is 1.29. The van der Waals surface area contributed by atoms with E-state index >= 15 is 0 Å². The number of nitrogens with zero attached hydrogens (tertiary/aromatic N) is 3. The van der Waals surface area contributed by atoms with Crippen LogP contribution in [0.5, 0.6) is 5.75 Å². The third kappa shape index (κ3) is 5.88. The SMILES string of the molecule is Cc1cc(/C=C2/SC(=O)N(CC(=O)N3CCCC3)C2=O)c(C)n1-c1ccc(OCc2ccc(Cl)cc2Cl)cc1. The predicted molar refractivity (Wildman–Crippen MR) is 155 cm³/mol. The standard InChI is InChI=1S/C29H27Cl2N3O4S/c1-18-13-21(14-26-28(36)33(29(37)39-26)16-27(35)32-11-3-4-12-32)19(2)34(18)23-7-9-24(10-8-23)38-17-20-5-6-22(30)15-25(20)31/h5-10,13-15H,3-4,11-12,16-17H2,1-2H3/b26-14+. The molecule has 1 aromatic heterocycles. The average Bonchev–Trinajstić information content (AvgIpc) is 3.60. The number of halogens is 2. The lowest BCUT2D eigenvalue weighted by Crippen LogP contribution is -2.40. The summed E-state index contributed by atoms with van der Waals surface area (Å²) in [5.41, 5.74) is 4.52. The number of rotatable bonds is 7. The molecule has 3 amide bonds. The monoisotopic (exact) mass is 583 g/mol. The molecule has 0 N–H and O–H groups in total. The van der Waals surface area contributed by atoms with Gasteiger partial charge in [-0.3, -0.25) is 19.3 Å². The van der Waals surface area contributed by atoms with Gasteiger partial charge in [0.1, 0.15) is 18.9 Å². The number of imide groups is 1. The van der Waals surface area contributed by atoms with Crippen LogP contribution in [-0.4, -0.2) is 51.1 Å². The van der Waals surface area contributed by atoms with Crippen LogP contribution < -0.4 is 4.74 Å². The van der Waals surface area contributed by atoms with Crippen LogP contribution in [0.3, 0.4) is 0 Å². The van der Waals surface area contributed by atoms with E-state index < -0.39 is 11.1 Å². The minimum atomic E-state index is -0.426. The van der Waals surface area contributed by atoms with Crippen LogP contribution in [-0.2, 0) is 16.2 Å². The number of thioether (sulfide) groups is 1. The molecule has 2 aliphatic heterocycles. The fraction of sp³-hybridized carbons (Fsp3) is 0.276. The molecule has 0 atom stereocenters. The molecule has 0 unspecified atom stereocenters. The van der Waals surface area contributed by atoms with Gasteiger partial charge in [0, 0.05) is 45.8 Å². The smallest absolute Gasteiger partial charge is 0.294 e. The van der Waals surface area contributed by atoms with Gasteiger partial charge in [-0.25, -0.2) is 0 Å². The third-order valence-electron chi connectivity index (χ3n) is 6.89. The zero-order valence-corrected chi connectivity index (χ0v) is 23.9. The van der Waals surface area contributed by atoms with E-state index in [0.717, 1.165) is 57.7 Å². The maximum absolute atomic E-state index is 13.0. The van der Waals surface area contributed by atoms with Crippen LogP contribution in [0.4, 0.5) is 4.79 Å². The van der Waals surface area contributed by atoms with Crippen molar-refractivity contribution in [2.24, 2.45) is 0 Å². The van der Waals surface area contributed by atoms with Crippen molar-refractivity contribution in [3.05, 3.63) is 86.0 Å². The van der Waals surface area contributed by atoms with E-state index in [4.69, 9.17) is 27.9 Å². The van der Waals surface area contributed by atoms with Crippen molar-refractivity contribution in [2.45, 2.75) is 33.3 Å². The van der Waals surface area contributed by atoms with Gasteiger partial charge in [0.2, 0.25) is 5.91 Å². The largest absolute Gasteiger partial charge is 0.489 e. The number of hydrogen-bond donors (Lipinski definition) is 0. The molecule has 2 saturated heterocycles. The van der Waals surface area contributed by atoms with Crippen molar-refractivity contribution >= 4 is 58.1 Å². The molecule has 10 heteroatoms. The van der Waals surface area contributed by atoms with Crippen molar-refractivity contribution in [3.8, 4) is 11.4 Å². The van der Waals surface area contributed by atoms with Crippen LogP contribution in [0.1, 0.15) is 35.4 Å². The first kappa shape index (κ1) is 27.4. The van der Waals surface area contributed by atoms with Gasteiger partial charge in [-0.05, 0) is 92.6 Å². The molecule has 2 aromatic carbocycles. The van der Waals surface area contributed by atoms with Gasteiger partial charge in [0.15, 0.2) is 0 Å². The van der Waals surface area contributed by atoms with Crippen LogP contribution in [0.15, 0.2) is 53.4 Å². The lowest BCUT2D eigenvalue weighted by Gasteiger charge is -2.18. The molecule has 2 aliphatic rings. The minimum Gasteiger partial charge on any atom is -0.489 e. The topological polar surface area (TPSA) is 71.9 Å². The van der Waals surface area contributed by atoms with E-state index in [1.165, 1.54) is 0 Å². The Labute approximate surface area is 241 Å². The van der Waals surface area contributed by atoms with E-state index in [1.54, 1.807) is 23.1 Å². The van der Waals surface area contributed by atoms with Gasteiger partial charge in [-0.15, -0.1) is 0 Å². The number of ether oxygens (including phenoxy) is 1. The molecule has 5 rings (SSSR count). The number of hydrogen-bond acceptors (Lipinski definition) is 5. The summed E-state index contributed by atoms with van der Waals surface area (Å²) in [5, 5.41) is 0.720. The first-order chi connectivity index (χ1) is 18.7. The predicted octanol–water partition coefficient (Wildman–Crippen LogP) is 6.64. The van der Waals surface area contributed by atoms with Crippen molar-refractivity contribution in [2.75, 3.05) is 19.6 Å². The molecular formula is C29H27Cl2N3O4S. The molecule has 0 aliphatic carbocycles. The molecule has 2 fully saturated rings. The Hall–Kier alpha value is -3.20. The maximum Gasteiger partial charge on any atom is 0.294 e. The number of carbonyl (C=O) groups is 3. The summed E-state index contributed by atoms with van der Waals surface area (Å²) in [6, 6.07) is 15.0. The highest BCUT2D eigenvalue weighted by Crippen LogP contribution is 2.34. The lowest BCUT2D eigenvalue weighted by molar-refractivity contribution is -0.135. The van der Waals surface area contributed by atoms with E-state index in [1.807, 2.05) is 50.2 Å². The van der Waals surface area contributed by atoms with Gasteiger partial charge < -0.3 is 14.2 Å². The van der Waals surface area contributed by atoms with Gasteiger partial charge in [0.25, 0.3) is 11.1 Å². The van der Waals surface area contributed by atoms with Crippen molar-refractivity contribution < 1.29 is 19.1 Å². The fourth-order valence-electron chi connectivity index (χ4n) is 4.80. The van der Waals surface area contributed by atoms with Crippen molar-refractivity contribution in [3.63, 3.8) is 0 Å². The highest BCUT2D eigenvalue weighted by molar-refractivity contribution is 8.18. The fourth-order valence-corrected chi connectivity index (χ4v) is 6.09. The minimum absolute atomic E-state index is 0.182. The summed E-state index contributed by atoms with van der Waals surface area (Å²) in [6.45, 7) is 5.42. The molecule has 3 heterocycles. The summed E-state index contributed by atoms with van der Waals surface area (Å²) in [6.07, 6.45) is 3.64. The molecule has 7 nitrogen and oxygen atoms in total. The summed E-state index contributed by atoms with van der Waals surface area (Å²) < 4.78 is 7.98. The number of carbonyl (C=O) groups excluding carboxylic acids is 3. The quantitative estimate of drug-likeness (QED) is 0.291. The number of aryl methyl sites for hydroxylation is 1. The zero-order chi connectivity index (χ0) is 27.7. The van der Waals surface area contributed by atoms with Gasteiger partial charge in [0.05, 0.1) is 4.91 Å². The summed E-state index contributed by atoms with van der Waals surface area (Å²) in [4.78, 5) is 41.1. The number of benzene rings is 2. The highest BCUT2D eigenvalue weighted by Gasteiger charge is 2.37.